The minimum atomic E-state index is -1.52. The highest BCUT2D eigenvalue weighted by atomic mass is 35.5. The summed E-state index contributed by atoms with van der Waals surface area (Å²) in [6, 6.07) is 4.69. The van der Waals surface area contributed by atoms with Gasteiger partial charge in [-0.1, -0.05) is 18.5 Å². The number of carbonyl (C=O) groups is 2. The highest BCUT2D eigenvalue weighted by molar-refractivity contribution is 6.30. The Labute approximate surface area is 183 Å². The summed E-state index contributed by atoms with van der Waals surface area (Å²) in [5.74, 6) is -0.843. The maximum Gasteiger partial charge on any atom is 0.311 e. The minimum Gasteiger partial charge on any atom is -0.490 e. The molecular formula is C21H22ClN3O6. The van der Waals surface area contributed by atoms with Crippen LogP contribution < -0.4 is 10.3 Å². The van der Waals surface area contributed by atoms with Gasteiger partial charge in [0.2, 0.25) is 0 Å². The molecule has 1 aliphatic rings. The molecule has 1 aromatic carbocycles. The number of rotatable bonds is 6. The molecule has 2 aromatic rings. The van der Waals surface area contributed by atoms with E-state index in [0.717, 1.165) is 23.5 Å². The molecule has 2 heterocycles. The number of likely N-dealkylation sites (tertiary alicyclic amines) is 1. The van der Waals surface area contributed by atoms with Crippen molar-refractivity contribution in [2.75, 3.05) is 20.2 Å². The van der Waals surface area contributed by atoms with Crippen LogP contribution >= 0.6 is 11.6 Å². The molecule has 1 aromatic heterocycles. The molecule has 1 atom stereocenters. The van der Waals surface area contributed by atoms with Gasteiger partial charge in [0.15, 0.2) is 17.6 Å². The summed E-state index contributed by atoms with van der Waals surface area (Å²) in [4.78, 5) is 51.5. The second-order valence-corrected chi connectivity index (χ2v) is 7.95. The predicted molar refractivity (Wildman–Crippen MR) is 114 cm³/mol. The molecule has 0 spiro atoms. The first-order chi connectivity index (χ1) is 14.7. The number of pyridine rings is 1. The van der Waals surface area contributed by atoms with Gasteiger partial charge in [0.05, 0.1) is 17.1 Å². The number of nitrogens with zero attached hydrogens (tertiary/aromatic N) is 3. The summed E-state index contributed by atoms with van der Waals surface area (Å²) in [6.45, 7) is 3.01. The number of nitro benzene ring substituents is 1. The van der Waals surface area contributed by atoms with Gasteiger partial charge in [-0.3, -0.25) is 29.1 Å². The summed E-state index contributed by atoms with van der Waals surface area (Å²) >= 11 is 6.03. The van der Waals surface area contributed by atoms with Crippen LogP contribution in [0.1, 0.15) is 36.2 Å². The van der Waals surface area contributed by atoms with Gasteiger partial charge < -0.3 is 9.64 Å². The molecule has 9 nitrogen and oxygen atoms in total. The lowest BCUT2D eigenvalue weighted by atomic mass is 9.96. The van der Waals surface area contributed by atoms with E-state index in [2.05, 4.69) is 6.92 Å². The van der Waals surface area contributed by atoms with E-state index in [1.165, 1.54) is 37.6 Å². The molecule has 31 heavy (non-hydrogen) atoms. The Morgan fingerprint density at radius 1 is 1.23 bits per heavy atom. The molecule has 0 saturated carbocycles. The zero-order valence-electron chi connectivity index (χ0n) is 17.1. The topological polar surface area (TPSA) is 112 Å². The van der Waals surface area contributed by atoms with Gasteiger partial charge in [-0.25, -0.2) is 0 Å². The van der Waals surface area contributed by atoms with E-state index in [-0.39, 0.29) is 16.3 Å². The van der Waals surface area contributed by atoms with Crippen molar-refractivity contribution in [3.63, 3.8) is 0 Å². The van der Waals surface area contributed by atoms with Gasteiger partial charge in [0.1, 0.15) is 0 Å². The fourth-order valence-corrected chi connectivity index (χ4v) is 3.75. The van der Waals surface area contributed by atoms with Crippen molar-refractivity contribution >= 4 is 29.0 Å². The molecule has 0 unspecified atom stereocenters. The Balaban J connectivity index is 2.08. The van der Waals surface area contributed by atoms with Crippen molar-refractivity contribution in [2.45, 2.75) is 25.8 Å². The first-order valence-electron chi connectivity index (χ1n) is 9.76. The number of nitro groups is 1. The van der Waals surface area contributed by atoms with Gasteiger partial charge in [-0.05, 0) is 37.0 Å². The van der Waals surface area contributed by atoms with E-state index in [0.29, 0.717) is 19.0 Å². The van der Waals surface area contributed by atoms with Gasteiger partial charge >= 0.3 is 5.69 Å². The molecule has 1 aliphatic heterocycles. The smallest absolute Gasteiger partial charge is 0.311 e. The number of piperidine rings is 1. The lowest BCUT2D eigenvalue weighted by Crippen LogP contribution is -2.46. The first-order valence-corrected chi connectivity index (χ1v) is 10.1. The van der Waals surface area contributed by atoms with E-state index >= 15 is 0 Å². The standard InChI is InChI=1S/C21H22ClN3O6/c1-13-7-9-23(10-8-13)21(28)19(24-12-15(22)4-6-18(24)26)20(27)14-3-5-17(31-2)16(11-14)25(29)30/h3-6,11-13,19H,7-10H2,1-2H3/t19-/m0/s1. The average Bonchev–Trinajstić information content (AvgIpc) is 2.76. The van der Waals surface area contributed by atoms with Crippen molar-refractivity contribution in [3.8, 4) is 5.75 Å². The SMILES string of the molecule is COc1ccc(C(=O)[C@@H](C(=O)N2CCC(C)CC2)n2cc(Cl)ccc2=O)cc1[N+](=O)[O-]. The van der Waals surface area contributed by atoms with Crippen molar-refractivity contribution in [3.05, 3.63) is 67.6 Å². The largest absolute Gasteiger partial charge is 0.490 e. The number of ether oxygens (including phenoxy) is 1. The van der Waals surface area contributed by atoms with Crippen LogP contribution in [0.15, 0.2) is 41.3 Å². The summed E-state index contributed by atoms with van der Waals surface area (Å²) in [5.41, 5.74) is -1.07. The number of methoxy groups -OCH3 is 1. The minimum absolute atomic E-state index is 0.0191. The summed E-state index contributed by atoms with van der Waals surface area (Å²) in [6.07, 6.45) is 2.80. The second-order valence-electron chi connectivity index (χ2n) is 7.51. The number of hydrogen-bond donors (Lipinski definition) is 0. The van der Waals surface area contributed by atoms with Crippen molar-refractivity contribution < 1.29 is 19.2 Å². The van der Waals surface area contributed by atoms with Crippen LogP contribution in [-0.2, 0) is 4.79 Å². The molecule has 3 rings (SSSR count). The van der Waals surface area contributed by atoms with Crippen LogP contribution in [0, 0.1) is 16.0 Å². The number of halogens is 1. The molecule has 164 valence electrons. The third kappa shape index (κ3) is 4.77. The fourth-order valence-electron chi connectivity index (χ4n) is 3.58. The van der Waals surface area contributed by atoms with E-state index in [9.17, 15) is 24.5 Å². The van der Waals surface area contributed by atoms with Gasteiger partial charge in [-0.15, -0.1) is 0 Å². The maximum atomic E-state index is 13.4. The molecule has 0 aliphatic carbocycles. The van der Waals surface area contributed by atoms with Gasteiger partial charge in [0, 0.05) is 37.0 Å². The fraction of sp³-hybridized carbons (Fsp3) is 0.381. The Bertz CT molecular complexity index is 1080. The highest BCUT2D eigenvalue weighted by Gasteiger charge is 2.36. The third-order valence-electron chi connectivity index (χ3n) is 5.42. The second kappa shape index (κ2) is 9.30. The summed E-state index contributed by atoms with van der Waals surface area (Å²) < 4.78 is 5.96. The van der Waals surface area contributed by atoms with Gasteiger partial charge in [0.25, 0.3) is 11.5 Å². The summed E-state index contributed by atoms with van der Waals surface area (Å²) in [7, 11) is 1.28. The Hall–Kier alpha value is -3.20. The molecule has 0 bridgehead atoms. The van der Waals surface area contributed by atoms with Crippen LogP contribution in [0.3, 0.4) is 0 Å². The van der Waals surface area contributed by atoms with Crippen molar-refractivity contribution in [2.24, 2.45) is 5.92 Å². The lowest BCUT2D eigenvalue weighted by Gasteiger charge is -2.33. The van der Waals surface area contributed by atoms with E-state index in [4.69, 9.17) is 16.3 Å². The zero-order valence-corrected chi connectivity index (χ0v) is 17.9. The normalized spacial score (nSPS) is 15.4. The number of ketones is 1. The number of benzene rings is 1. The number of hydrogen-bond acceptors (Lipinski definition) is 6. The number of aromatic nitrogens is 1. The molecule has 10 heteroatoms. The van der Waals surface area contributed by atoms with E-state index in [1.54, 1.807) is 4.90 Å². The quantitative estimate of drug-likeness (QED) is 0.291. The average molecular weight is 448 g/mol. The van der Waals surface area contributed by atoms with E-state index < -0.39 is 33.9 Å². The number of Topliss-reactive ketones (excluding diaryl/α,β-unsaturated/α-hetero) is 1. The summed E-state index contributed by atoms with van der Waals surface area (Å²) in [5, 5.41) is 11.6. The van der Waals surface area contributed by atoms with Crippen LogP contribution in [0.5, 0.6) is 5.75 Å². The zero-order chi connectivity index (χ0) is 22.7. The molecule has 1 amide bonds. The number of carbonyl (C=O) groups excluding carboxylic acids is 2. The van der Waals surface area contributed by atoms with Crippen molar-refractivity contribution in [1.82, 2.24) is 9.47 Å². The lowest BCUT2D eigenvalue weighted by molar-refractivity contribution is -0.385. The molecule has 0 N–H and O–H groups in total. The van der Waals surface area contributed by atoms with Crippen LogP contribution in [0.4, 0.5) is 5.69 Å². The highest BCUT2D eigenvalue weighted by Crippen LogP contribution is 2.30. The first kappa shape index (κ1) is 22.5. The van der Waals surface area contributed by atoms with Gasteiger partial charge in [-0.2, -0.15) is 0 Å². The Kier molecular flexibility index (Phi) is 6.74. The maximum absolute atomic E-state index is 13.4. The van der Waals surface area contributed by atoms with Crippen LogP contribution in [0.25, 0.3) is 0 Å². The van der Waals surface area contributed by atoms with Crippen molar-refractivity contribution in [1.29, 1.82) is 0 Å². The predicted octanol–water partition coefficient (Wildman–Crippen LogP) is 3.10. The third-order valence-corrected chi connectivity index (χ3v) is 5.64. The molecule has 1 fully saturated rings. The molecule has 0 radical (unpaired) electrons. The Morgan fingerprint density at radius 3 is 2.52 bits per heavy atom. The Morgan fingerprint density at radius 2 is 1.90 bits per heavy atom. The van der Waals surface area contributed by atoms with Crippen LogP contribution in [0.2, 0.25) is 5.02 Å². The van der Waals surface area contributed by atoms with E-state index in [1.807, 2.05) is 0 Å². The number of amides is 1. The van der Waals surface area contributed by atoms with Crippen LogP contribution in [-0.4, -0.2) is 46.3 Å². The molecule has 1 saturated heterocycles. The monoisotopic (exact) mass is 447 g/mol. The molecular weight excluding hydrogens is 426 g/mol.